The van der Waals surface area contributed by atoms with E-state index in [-0.39, 0.29) is 17.9 Å². The zero-order valence-corrected chi connectivity index (χ0v) is 11.4. The van der Waals surface area contributed by atoms with Crippen molar-refractivity contribution in [3.05, 3.63) is 29.6 Å². The molecule has 0 aromatic heterocycles. The van der Waals surface area contributed by atoms with Gasteiger partial charge in [-0.05, 0) is 24.6 Å². The molecule has 0 fully saturated rings. The molecule has 0 amide bonds. The number of amidine groups is 1. The average Bonchev–Trinajstić information content (AvgIpc) is 2.73. The smallest absolute Gasteiger partial charge is 0.335 e. The fourth-order valence-electron chi connectivity index (χ4n) is 1.75. The standard InChI is InChI=1S/C14H16FN3O3/c15-11-5-4-10(14(19)20)9-12(11)21-8-1-3-13-16-6-2-7-17-18-13/h4-6,9,17H,1-3,7-8H2,(H,19,20). The fraction of sp³-hybridized carbons (Fsp3) is 0.357. The molecule has 0 saturated carbocycles. The zero-order valence-electron chi connectivity index (χ0n) is 11.4. The molecule has 2 rings (SSSR count). The first-order valence-corrected chi connectivity index (χ1v) is 6.64. The van der Waals surface area contributed by atoms with E-state index < -0.39 is 11.8 Å². The van der Waals surface area contributed by atoms with Crippen molar-refractivity contribution in [2.24, 2.45) is 10.1 Å². The van der Waals surface area contributed by atoms with Gasteiger partial charge < -0.3 is 15.3 Å². The molecule has 1 aliphatic rings. The number of nitrogens with zero attached hydrogens (tertiary/aromatic N) is 2. The number of carbonyl (C=O) groups is 1. The first kappa shape index (κ1) is 15.0. The minimum Gasteiger partial charge on any atom is -0.490 e. The summed E-state index contributed by atoms with van der Waals surface area (Å²) in [6.07, 6.45) is 3.84. The summed E-state index contributed by atoms with van der Waals surface area (Å²) in [5.74, 6) is -1.07. The molecule has 1 aromatic rings. The predicted octanol–water partition coefficient (Wildman–Crippen LogP) is 2.06. The number of hydrogen-bond acceptors (Lipinski definition) is 5. The Morgan fingerprint density at radius 3 is 3.14 bits per heavy atom. The maximum atomic E-state index is 13.5. The van der Waals surface area contributed by atoms with Gasteiger partial charge in [0.05, 0.1) is 12.2 Å². The van der Waals surface area contributed by atoms with Crippen molar-refractivity contribution in [2.45, 2.75) is 19.3 Å². The third-order valence-electron chi connectivity index (χ3n) is 2.81. The van der Waals surface area contributed by atoms with E-state index in [0.717, 1.165) is 19.0 Å². The van der Waals surface area contributed by atoms with Crippen molar-refractivity contribution < 1.29 is 19.0 Å². The van der Waals surface area contributed by atoms with Crippen molar-refractivity contribution in [1.82, 2.24) is 5.43 Å². The summed E-state index contributed by atoms with van der Waals surface area (Å²) in [5, 5.41) is 12.9. The Labute approximate surface area is 121 Å². The van der Waals surface area contributed by atoms with E-state index in [9.17, 15) is 9.18 Å². The Bertz CT molecular complexity index is 573. The second kappa shape index (κ2) is 7.37. The number of rotatable bonds is 6. The number of ether oxygens (including phenoxy) is 1. The summed E-state index contributed by atoms with van der Waals surface area (Å²) in [6, 6.07) is 3.47. The van der Waals surface area contributed by atoms with Gasteiger partial charge in [-0.3, -0.25) is 0 Å². The van der Waals surface area contributed by atoms with E-state index in [1.165, 1.54) is 12.1 Å². The van der Waals surface area contributed by atoms with Gasteiger partial charge in [0.25, 0.3) is 0 Å². The highest BCUT2D eigenvalue weighted by molar-refractivity contribution is 5.89. The van der Waals surface area contributed by atoms with Crippen LogP contribution < -0.4 is 10.2 Å². The number of aromatic carboxylic acids is 1. The Morgan fingerprint density at radius 1 is 1.48 bits per heavy atom. The molecule has 0 radical (unpaired) electrons. The Hall–Kier alpha value is -2.44. The van der Waals surface area contributed by atoms with Crippen molar-refractivity contribution in [2.75, 3.05) is 13.2 Å². The van der Waals surface area contributed by atoms with Crippen LogP contribution in [-0.2, 0) is 0 Å². The molecule has 1 aromatic carbocycles. The summed E-state index contributed by atoms with van der Waals surface area (Å²) in [6.45, 7) is 1.02. The Balaban J connectivity index is 1.84. The van der Waals surface area contributed by atoms with E-state index >= 15 is 0 Å². The Morgan fingerprint density at radius 2 is 2.33 bits per heavy atom. The van der Waals surface area contributed by atoms with Crippen molar-refractivity contribution >= 4 is 18.0 Å². The molecule has 1 heterocycles. The van der Waals surface area contributed by atoms with Gasteiger partial charge in [-0.15, -0.1) is 0 Å². The first-order chi connectivity index (χ1) is 10.2. The summed E-state index contributed by atoms with van der Waals surface area (Å²) in [7, 11) is 0. The molecule has 0 unspecified atom stereocenters. The van der Waals surface area contributed by atoms with Crippen LogP contribution in [0.25, 0.3) is 0 Å². The maximum absolute atomic E-state index is 13.5. The van der Waals surface area contributed by atoms with E-state index in [4.69, 9.17) is 9.84 Å². The number of carboxylic acid groups (broad SMARTS) is 1. The van der Waals surface area contributed by atoms with Gasteiger partial charge in [0.1, 0.15) is 5.84 Å². The molecular formula is C14H16FN3O3. The molecule has 6 nitrogen and oxygen atoms in total. The third-order valence-corrected chi connectivity index (χ3v) is 2.81. The highest BCUT2D eigenvalue weighted by Crippen LogP contribution is 2.19. The van der Waals surface area contributed by atoms with Crippen molar-refractivity contribution in [3.63, 3.8) is 0 Å². The molecule has 0 atom stereocenters. The second-order valence-electron chi connectivity index (χ2n) is 4.44. The van der Waals surface area contributed by atoms with Gasteiger partial charge in [-0.1, -0.05) is 0 Å². The minimum absolute atomic E-state index is 0.00616. The van der Waals surface area contributed by atoms with Gasteiger partial charge in [0.15, 0.2) is 11.6 Å². The van der Waals surface area contributed by atoms with Crippen LogP contribution in [0.15, 0.2) is 28.3 Å². The quantitative estimate of drug-likeness (QED) is 0.786. The lowest BCUT2D eigenvalue weighted by atomic mass is 10.2. The highest BCUT2D eigenvalue weighted by atomic mass is 19.1. The topological polar surface area (TPSA) is 83.3 Å². The van der Waals surface area contributed by atoms with E-state index in [1.54, 1.807) is 6.21 Å². The largest absolute Gasteiger partial charge is 0.490 e. The van der Waals surface area contributed by atoms with Crippen LogP contribution in [0.2, 0.25) is 0 Å². The van der Waals surface area contributed by atoms with Crippen LogP contribution in [0.4, 0.5) is 4.39 Å². The van der Waals surface area contributed by atoms with Crippen LogP contribution in [-0.4, -0.2) is 36.3 Å². The van der Waals surface area contributed by atoms with Gasteiger partial charge >= 0.3 is 5.97 Å². The maximum Gasteiger partial charge on any atom is 0.335 e. The molecule has 2 N–H and O–H groups in total. The number of hydrogen-bond donors (Lipinski definition) is 2. The molecule has 1 aliphatic heterocycles. The molecule has 21 heavy (non-hydrogen) atoms. The van der Waals surface area contributed by atoms with Crippen LogP contribution in [0, 0.1) is 5.82 Å². The summed E-state index contributed by atoms with van der Waals surface area (Å²) < 4.78 is 18.8. The van der Waals surface area contributed by atoms with Gasteiger partial charge in [-0.25, -0.2) is 14.2 Å². The third kappa shape index (κ3) is 4.55. The summed E-state index contributed by atoms with van der Waals surface area (Å²) in [5.41, 5.74) is 2.88. The lowest BCUT2D eigenvalue weighted by Crippen LogP contribution is -2.09. The van der Waals surface area contributed by atoms with Crippen molar-refractivity contribution in [3.8, 4) is 5.75 Å². The molecule has 0 saturated heterocycles. The number of hydrazone groups is 1. The van der Waals surface area contributed by atoms with Gasteiger partial charge in [-0.2, -0.15) is 5.10 Å². The molecule has 0 bridgehead atoms. The van der Waals surface area contributed by atoms with E-state index in [2.05, 4.69) is 15.5 Å². The second-order valence-corrected chi connectivity index (χ2v) is 4.44. The van der Waals surface area contributed by atoms with Crippen LogP contribution in [0.1, 0.15) is 29.6 Å². The number of nitrogens with one attached hydrogen (secondary N) is 1. The molecule has 112 valence electrons. The SMILES string of the molecule is O=C(O)c1ccc(F)c(OCCCC2=NNCCC=N2)c1. The minimum atomic E-state index is -1.12. The molecular weight excluding hydrogens is 277 g/mol. The van der Waals surface area contributed by atoms with Crippen LogP contribution >= 0.6 is 0 Å². The van der Waals surface area contributed by atoms with Gasteiger partial charge in [0.2, 0.25) is 0 Å². The zero-order chi connectivity index (χ0) is 15.1. The summed E-state index contributed by atoms with van der Waals surface area (Å²) in [4.78, 5) is 15.0. The van der Waals surface area contributed by atoms with E-state index in [1.807, 2.05) is 0 Å². The van der Waals surface area contributed by atoms with Crippen molar-refractivity contribution in [1.29, 1.82) is 0 Å². The number of aliphatic imine (C=N–C) groups is 1. The van der Waals surface area contributed by atoms with E-state index in [0.29, 0.717) is 18.7 Å². The summed E-state index contributed by atoms with van der Waals surface area (Å²) >= 11 is 0. The molecule has 7 heteroatoms. The number of halogens is 1. The highest BCUT2D eigenvalue weighted by Gasteiger charge is 2.09. The van der Waals surface area contributed by atoms with Crippen LogP contribution in [0.5, 0.6) is 5.75 Å². The van der Waals surface area contributed by atoms with Gasteiger partial charge in [0, 0.05) is 25.6 Å². The number of carboxylic acids is 1. The molecule has 0 spiro atoms. The normalized spacial score (nSPS) is 14.0. The monoisotopic (exact) mass is 293 g/mol. The first-order valence-electron chi connectivity index (χ1n) is 6.64. The van der Waals surface area contributed by atoms with Crippen LogP contribution in [0.3, 0.4) is 0 Å². The lowest BCUT2D eigenvalue weighted by Gasteiger charge is -2.08. The Kier molecular flexibility index (Phi) is 5.25. The number of benzene rings is 1. The average molecular weight is 293 g/mol. The lowest BCUT2D eigenvalue weighted by molar-refractivity contribution is 0.0696. The fourth-order valence-corrected chi connectivity index (χ4v) is 1.75. The molecule has 0 aliphatic carbocycles. The predicted molar refractivity (Wildman–Crippen MR) is 76.6 cm³/mol.